The number of benzene rings is 2. The fraction of sp³-hybridized carbons (Fsp3) is 0.300. The Kier molecular flexibility index (Phi) is 3.88. The van der Waals surface area contributed by atoms with E-state index < -0.39 is 0 Å². The van der Waals surface area contributed by atoms with Gasteiger partial charge in [-0.2, -0.15) is 0 Å². The van der Waals surface area contributed by atoms with Gasteiger partial charge in [0.2, 0.25) is 0 Å². The number of likely N-dealkylation sites (tertiary alicyclic amines) is 1. The lowest BCUT2D eigenvalue weighted by Crippen LogP contribution is -2.32. The monoisotopic (exact) mass is 309 g/mol. The Hall–Kier alpha value is -2.13. The van der Waals surface area contributed by atoms with Crippen molar-refractivity contribution in [3.8, 4) is 0 Å². The molecule has 0 unspecified atom stereocenters. The SMILES string of the molecule is Fc1ccc(CN2CCC(c3cc4ccccc4o3)CC2)cc1. The quantitative estimate of drug-likeness (QED) is 0.680. The van der Waals surface area contributed by atoms with E-state index in [-0.39, 0.29) is 5.82 Å². The zero-order valence-electron chi connectivity index (χ0n) is 13.0. The smallest absolute Gasteiger partial charge is 0.134 e. The zero-order chi connectivity index (χ0) is 15.6. The van der Waals surface area contributed by atoms with Crippen LogP contribution in [0.4, 0.5) is 4.39 Å². The Morgan fingerprint density at radius 3 is 2.48 bits per heavy atom. The molecular formula is C20H20FNO. The van der Waals surface area contributed by atoms with E-state index in [0.717, 1.165) is 43.8 Å². The van der Waals surface area contributed by atoms with Crippen molar-refractivity contribution < 1.29 is 8.81 Å². The van der Waals surface area contributed by atoms with Crippen molar-refractivity contribution in [3.63, 3.8) is 0 Å². The normalized spacial score (nSPS) is 16.9. The maximum Gasteiger partial charge on any atom is 0.134 e. The van der Waals surface area contributed by atoms with Gasteiger partial charge in [0.05, 0.1) is 0 Å². The van der Waals surface area contributed by atoms with Crippen LogP contribution in [0.2, 0.25) is 0 Å². The minimum absolute atomic E-state index is 0.169. The van der Waals surface area contributed by atoms with Gasteiger partial charge in [0.15, 0.2) is 0 Å². The van der Waals surface area contributed by atoms with Crippen molar-refractivity contribution in [2.45, 2.75) is 25.3 Å². The van der Waals surface area contributed by atoms with E-state index >= 15 is 0 Å². The number of hydrogen-bond acceptors (Lipinski definition) is 2. The van der Waals surface area contributed by atoms with Crippen LogP contribution in [-0.4, -0.2) is 18.0 Å². The molecule has 0 aliphatic carbocycles. The molecule has 0 N–H and O–H groups in total. The van der Waals surface area contributed by atoms with Crippen LogP contribution in [0.25, 0.3) is 11.0 Å². The van der Waals surface area contributed by atoms with Crippen LogP contribution in [0.5, 0.6) is 0 Å². The fourth-order valence-electron chi connectivity index (χ4n) is 3.43. The number of rotatable bonds is 3. The first kappa shape index (κ1) is 14.5. The van der Waals surface area contributed by atoms with E-state index in [1.54, 1.807) is 0 Å². The molecule has 118 valence electrons. The van der Waals surface area contributed by atoms with E-state index in [1.165, 1.54) is 23.1 Å². The number of fused-ring (bicyclic) bond motifs is 1. The minimum Gasteiger partial charge on any atom is -0.461 e. The Bertz CT molecular complexity index is 752. The van der Waals surface area contributed by atoms with E-state index in [2.05, 4.69) is 17.0 Å². The molecule has 0 saturated carbocycles. The predicted molar refractivity (Wildman–Crippen MR) is 89.9 cm³/mol. The third-order valence-corrected chi connectivity index (χ3v) is 4.75. The van der Waals surface area contributed by atoms with Crippen LogP contribution in [0, 0.1) is 5.82 Å². The Balaban J connectivity index is 1.39. The van der Waals surface area contributed by atoms with Gasteiger partial charge >= 0.3 is 0 Å². The van der Waals surface area contributed by atoms with Gasteiger partial charge in [-0.15, -0.1) is 0 Å². The lowest BCUT2D eigenvalue weighted by molar-refractivity contribution is 0.196. The third kappa shape index (κ3) is 3.15. The summed E-state index contributed by atoms with van der Waals surface area (Å²) in [5, 5.41) is 1.19. The minimum atomic E-state index is -0.169. The summed E-state index contributed by atoms with van der Waals surface area (Å²) >= 11 is 0. The van der Waals surface area contributed by atoms with Crippen LogP contribution in [0.3, 0.4) is 0 Å². The van der Waals surface area contributed by atoms with Gasteiger partial charge in [0.25, 0.3) is 0 Å². The fourth-order valence-corrected chi connectivity index (χ4v) is 3.43. The highest BCUT2D eigenvalue weighted by Crippen LogP contribution is 2.32. The standard InChI is InChI=1S/C20H20FNO/c21-18-7-5-15(6-8-18)14-22-11-9-16(10-12-22)20-13-17-3-1-2-4-19(17)23-20/h1-8,13,16H,9-12,14H2. The van der Waals surface area contributed by atoms with E-state index in [4.69, 9.17) is 4.42 Å². The molecule has 1 aliphatic rings. The first-order valence-corrected chi connectivity index (χ1v) is 8.23. The Morgan fingerprint density at radius 2 is 1.74 bits per heavy atom. The van der Waals surface area contributed by atoms with Gasteiger partial charge < -0.3 is 4.42 Å². The molecule has 0 atom stereocenters. The van der Waals surface area contributed by atoms with Gasteiger partial charge in [-0.25, -0.2) is 4.39 Å². The van der Waals surface area contributed by atoms with Crippen LogP contribution in [-0.2, 0) is 6.54 Å². The molecular weight excluding hydrogens is 289 g/mol. The first-order chi connectivity index (χ1) is 11.3. The number of hydrogen-bond donors (Lipinski definition) is 0. The van der Waals surface area contributed by atoms with Gasteiger partial charge in [0, 0.05) is 17.8 Å². The molecule has 3 heteroatoms. The molecule has 1 saturated heterocycles. The molecule has 2 nitrogen and oxygen atoms in total. The molecule has 0 amide bonds. The number of halogens is 1. The van der Waals surface area contributed by atoms with Crippen molar-refractivity contribution in [1.82, 2.24) is 4.90 Å². The van der Waals surface area contributed by atoms with Gasteiger partial charge in [-0.05, 0) is 55.8 Å². The highest BCUT2D eigenvalue weighted by molar-refractivity contribution is 5.77. The van der Waals surface area contributed by atoms with Gasteiger partial charge in [-0.1, -0.05) is 30.3 Å². The molecule has 3 aromatic rings. The summed E-state index contributed by atoms with van der Waals surface area (Å²) in [5.74, 6) is 1.46. The number of nitrogens with zero attached hydrogens (tertiary/aromatic N) is 1. The highest BCUT2D eigenvalue weighted by Gasteiger charge is 2.23. The largest absolute Gasteiger partial charge is 0.461 e. The number of furan rings is 1. The van der Waals surface area contributed by atoms with Gasteiger partial charge in [0.1, 0.15) is 17.2 Å². The summed E-state index contributed by atoms with van der Waals surface area (Å²) in [7, 11) is 0. The Morgan fingerprint density at radius 1 is 1.00 bits per heavy atom. The second kappa shape index (κ2) is 6.17. The highest BCUT2D eigenvalue weighted by atomic mass is 19.1. The molecule has 0 radical (unpaired) electrons. The molecule has 2 aromatic carbocycles. The van der Waals surface area contributed by atoms with E-state index in [1.807, 2.05) is 30.3 Å². The van der Waals surface area contributed by atoms with Crippen molar-refractivity contribution in [1.29, 1.82) is 0 Å². The lowest BCUT2D eigenvalue weighted by atomic mass is 9.94. The third-order valence-electron chi connectivity index (χ3n) is 4.75. The summed E-state index contributed by atoms with van der Waals surface area (Å²) in [6.45, 7) is 3.01. The summed E-state index contributed by atoms with van der Waals surface area (Å²) < 4.78 is 19.0. The number of piperidine rings is 1. The first-order valence-electron chi connectivity index (χ1n) is 8.23. The van der Waals surface area contributed by atoms with Gasteiger partial charge in [-0.3, -0.25) is 4.90 Å². The van der Waals surface area contributed by atoms with Crippen molar-refractivity contribution in [2.24, 2.45) is 0 Å². The molecule has 1 aromatic heterocycles. The average Bonchev–Trinajstić information content (AvgIpc) is 3.02. The summed E-state index contributed by atoms with van der Waals surface area (Å²) in [6, 6.07) is 17.2. The topological polar surface area (TPSA) is 16.4 Å². The summed E-state index contributed by atoms with van der Waals surface area (Å²) in [6.07, 6.45) is 2.22. The molecule has 1 fully saturated rings. The predicted octanol–water partition coefficient (Wildman–Crippen LogP) is 4.95. The molecule has 0 bridgehead atoms. The van der Waals surface area contributed by atoms with Crippen LogP contribution < -0.4 is 0 Å². The maximum absolute atomic E-state index is 13.0. The second-order valence-electron chi connectivity index (χ2n) is 6.36. The van der Waals surface area contributed by atoms with Crippen molar-refractivity contribution in [2.75, 3.05) is 13.1 Å². The lowest BCUT2D eigenvalue weighted by Gasteiger charge is -2.31. The number of para-hydroxylation sites is 1. The molecule has 1 aliphatic heterocycles. The Labute approximate surface area is 135 Å². The zero-order valence-corrected chi connectivity index (χ0v) is 13.0. The van der Waals surface area contributed by atoms with Crippen molar-refractivity contribution in [3.05, 3.63) is 71.7 Å². The van der Waals surface area contributed by atoms with Crippen LogP contribution in [0.15, 0.2) is 59.0 Å². The molecule has 4 rings (SSSR count). The van der Waals surface area contributed by atoms with Crippen LogP contribution >= 0.6 is 0 Å². The van der Waals surface area contributed by atoms with E-state index in [9.17, 15) is 4.39 Å². The van der Waals surface area contributed by atoms with Crippen molar-refractivity contribution >= 4 is 11.0 Å². The summed E-state index contributed by atoms with van der Waals surface area (Å²) in [5.41, 5.74) is 2.16. The summed E-state index contributed by atoms with van der Waals surface area (Å²) in [4.78, 5) is 2.44. The molecule has 23 heavy (non-hydrogen) atoms. The average molecular weight is 309 g/mol. The van der Waals surface area contributed by atoms with Crippen LogP contribution in [0.1, 0.15) is 30.1 Å². The molecule has 2 heterocycles. The second-order valence-corrected chi connectivity index (χ2v) is 6.36. The molecule has 0 spiro atoms. The maximum atomic E-state index is 13.0. The van der Waals surface area contributed by atoms with E-state index in [0.29, 0.717) is 5.92 Å².